The minimum Gasteiger partial charge on any atom is -0.368 e. The predicted octanol–water partition coefficient (Wildman–Crippen LogP) is 10.4. The van der Waals surface area contributed by atoms with Crippen LogP contribution >= 0.6 is 23.5 Å². The molecule has 0 spiro atoms. The van der Waals surface area contributed by atoms with Gasteiger partial charge in [-0.2, -0.15) is 0 Å². The summed E-state index contributed by atoms with van der Waals surface area (Å²) in [6, 6.07) is 0. The summed E-state index contributed by atoms with van der Waals surface area (Å²) in [5, 5.41) is 13.6. The molecule has 7 nitrogen and oxygen atoms in total. The fourth-order valence-corrected chi connectivity index (χ4v) is 7.81. The number of hydrogen-bond acceptors (Lipinski definition) is 8. The molecule has 4 atom stereocenters. The van der Waals surface area contributed by atoms with Gasteiger partial charge in [0.05, 0.1) is 24.1 Å². The average molecular weight is 734 g/mol. The number of rotatable bonds is 37. The van der Waals surface area contributed by atoms with Gasteiger partial charge in [0.1, 0.15) is 0 Å². The van der Waals surface area contributed by atoms with Gasteiger partial charge in [0.2, 0.25) is 5.91 Å². The maximum absolute atomic E-state index is 12.5. The van der Waals surface area contributed by atoms with E-state index in [1.54, 1.807) is 0 Å². The van der Waals surface area contributed by atoms with Crippen LogP contribution in [0.5, 0.6) is 0 Å². The van der Waals surface area contributed by atoms with E-state index in [0.717, 1.165) is 64.0 Å². The van der Waals surface area contributed by atoms with Crippen LogP contribution in [0.15, 0.2) is 0 Å². The van der Waals surface area contributed by atoms with Crippen molar-refractivity contribution in [2.75, 3.05) is 52.2 Å². The highest BCUT2D eigenvalue weighted by atomic mass is 32.2. The predicted molar refractivity (Wildman–Crippen MR) is 218 cm³/mol. The standard InChI is InChI=1S/C40H83N3O4S2/c1-9-13-15-22-30-42(7)32-24-20-27-38(48-34-46-36(5)11-3)26-19-16-17-23-31-43(8)33-25-21-29-40(45,49-35-47-37(6)12-4)41-39(44)28-18-14-10-2/h36-38,45H,9-35H2,1-8H3,(H,41,44). The molecule has 294 valence electrons. The fourth-order valence-electron chi connectivity index (χ4n) is 5.67. The van der Waals surface area contributed by atoms with Crippen LogP contribution in [-0.2, 0) is 14.3 Å². The second kappa shape index (κ2) is 33.8. The summed E-state index contributed by atoms with van der Waals surface area (Å²) in [7, 11) is 4.50. The van der Waals surface area contributed by atoms with E-state index in [-0.39, 0.29) is 12.0 Å². The van der Waals surface area contributed by atoms with Gasteiger partial charge in [-0.3, -0.25) is 4.79 Å². The lowest BCUT2D eigenvalue weighted by Gasteiger charge is -2.29. The van der Waals surface area contributed by atoms with E-state index in [1.807, 2.05) is 18.7 Å². The monoisotopic (exact) mass is 734 g/mol. The summed E-state index contributed by atoms with van der Waals surface area (Å²) >= 11 is 3.36. The first-order valence-electron chi connectivity index (χ1n) is 20.5. The third-order valence-corrected chi connectivity index (χ3v) is 11.9. The van der Waals surface area contributed by atoms with Crippen molar-refractivity contribution in [2.45, 2.75) is 199 Å². The summed E-state index contributed by atoms with van der Waals surface area (Å²) in [5.74, 6) is 1.14. The normalized spacial score (nSPS) is 15.1. The molecular formula is C40H83N3O4S2. The van der Waals surface area contributed by atoms with Crippen molar-refractivity contribution < 1.29 is 19.4 Å². The summed E-state index contributed by atoms with van der Waals surface area (Å²) in [5.41, 5.74) is 0. The van der Waals surface area contributed by atoms with Crippen molar-refractivity contribution in [3.63, 3.8) is 0 Å². The van der Waals surface area contributed by atoms with E-state index >= 15 is 0 Å². The van der Waals surface area contributed by atoms with Crippen LogP contribution in [-0.4, -0.2) is 95.5 Å². The molecule has 0 aliphatic heterocycles. The van der Waals surface area contributed by atoms with Gasteiger partial charge in [-0.25, -0.2) is 0 Å². The number of thioether (sulfide) groups is 2. The SMILES string of the molecule is CCCCCCN(C)CCCCC(CCCCCCN(C)CCCCC(O)(NC(=O)CCCCC)SCOC(C)CC)SCOC(C)CC. The molecule has 0 rings (SSSR count). The molecule has 0 saturated heterocycles. The third-order valence-electron chi connectivity index (χ3n) is 9.63. The minimum absolute atomic E-state index is 0.0650. The van der Waals surface area contributed by atoms with Crippen LogP contribution in [0.25, 0.3) is 0 Å². The fraction of sp³-hybridized carbons (Fsp3) is 0.975. The molecule has 2 N–H and O–H groups in total. The van der Waals surface area contributed by atoms with Gasteiger partial charge < -0.3 is 29.7 Å². The molecule has 0 bridgehead atoms. The van der Waals surface area contributed by atoms with Crippen LogP contribution < -0.4 is 5.32 Å². The van der Waals surface area contributed by atoms with E-state index < -0.39 is 5.06 Å². The van der Waals surface area contributed by atoms with Crippen molar-refractivity contribution in [3.05, 3.63) is 0 Å². The zero-order valence-corrected chi connectivity index (χ0v) is 35.3. The van der Waals surface area contributed by atoms with Gasteiger partial charge >= 0.3 is 0 Å². The Kier molecular flexibility index (Phi) is 33.8. The number of carbonyl (C=O) groups excluding carboxylic acids is 1. The minimum atomic E-state index is -1.27. The van der Waals surface area contributed by atoms with E-state index in [1.165, 1.54) is 102 Å². The van der Waals surface area contributed by atoms with Crippen LogP contribution in [0.3, 0.4) is 0 Å². The van der Waals surface area contributed by atoms with Crippen LogP contribution in [0, 0.1) is 0 Å². The van der Waals surface area contributed by atoms with Crippen LogP contribution in [0.2, 0.25) is 0 Å². The van der Waals surface area contributed by atoms with Gasteiger partial charge in [-0.15, -0.1) is 11.8 Å². The molecule has 0 aliphatic carbocycles. The lowest BCUT2D eigenvalue weighted by atomic mass is 10.1. The molecule has 0 aromatic rings. The van der Waals surface area contributed by atoms with Gasteiger partial charge in [-0.05, 0) is 118 Å². The molecule has 49 heavy (non-hydrogen) atoms. The Morgan fingerprint density at radius 2 is 1.14 bits per heavy atom. The summed E-state index contributed by atoms with van der Waals surface area (Å²) in [6.45, 7) is 17.5. The first kappa shape index (κ1) is 49.0. The number of amides is 1. The molecule has 4 unspecified atom stereocenters. The van der Waals surface area contributed by atoms with Crippen molar-refractivity contribution in [1.29, 1.82) is 0 Å². The quantitative estimate of drug-likeness (QED) is 0.0483. The smallest absolute Gasteiger partial charge is 0.222 e. The highest BCUT2D eigenvalue weighted by molar-refractivity contribution is 8.00. The Balaban J connectivity index is 4.40. The summed E-state index contributed by atoms with van der Waals surface area (Å²) < 4.78 is 11.8. The Morgan fingerprint density at radius 3 is 1.71 bits per heavy atom. The molecule has 0 aliphatic rings. The number of nitrogens with one attached hydrogen (secondary N) is 1. The number of carbonyl (C=O) groups is 1. The molecule has 9 heteroatoms. The topological polar surface area (TPSA) is 74.3 Å². The largest absolute Gasteiger partial charge is 0.368 e. The number of hydrogen-bond donors (Lipinski definition) is 2. The Labute approximate surface area is 313 Å². The van der Waals surface area contributed by atoms with Crippen molar-refractivity contribution in [3.8, 4) is 0 Å². The zero-order valence-electron chi connectivity index (χ0n) is 33.7. The first-order chi connectivity index (χ1) is 23.6. The van der Waals surface area contributed by atoms with E-state index in [2.05, 4.69) is 63.8 Å². The third kappa shape index (κ3) is 31.2. The van der Waals surface area contributed by atoms with Crippen LogP contribution in [0.4, 0.5) is 0 Å². The maximum Gasteiger partial charge on any atom is 0.222 e. The molecule has 0 saturated carbocycles. The lowest BCUT2D eigenvalue weighted by Crippen LogP contribution is -2.46. The molecule has 0 aromatic heterocycles. The number of unbranched alkanes of at least 4 members (excludes halogenated alkanes) is 10. The molecule has 0 radical (unpaired) electrons. The lowest BCUT2D eigenvalue weighted by molar-refractivity contribution is -0.125. The van der Waals surface area contributed by atoms with Gasteiger partial charge in [0, 0.05) is 18.1 Å². The van der Waals surface area contributed by atoms with Crippen molar-refractivity contribution in [1.82, 2.24) is 15.1 Å². The first-order valence-corrected chi connectivity index (χ1v) is 22.5. The number of nitrogens with zero attached hydrogens (tertiary/aromatic N) is 2. The van der Waals surface area contributed by atoms with E-state index in [9.17, 15) is 9.90 Å². The number of aliphatic hydroxyl groups is 1. The van der Waals surface area contributed by atoms with Crippen molar-refractivity contribution in [2.24, 2.45) is 0 Å². The zero-order chi connectivity index (χ0) is 36.6. The van der Waals surface area contributed by atoms with E-state index in [4.69, 9.17) is 9.47 Å². The molecule has 1 amide bonds. The summed E-state index contributed by atoms with van der Waals surface area (Å²) in [6.07, 6.45) is 24.1. The Morgan fingerprint density at radius 1 is 0.673 bits per heavy atom. The highest BCUT2D eigenvalue weighted by Gasteiger charge is 2.29. The second-order valence-electron chi connectivity index (χ2n) is 14.6. The Hall–Kier alpha value is -0.0300. The Bertz CT molecular complexity index is 738. The van der Waals surface area contributed by atoms with Crippen LogP contribution in [0.1, 0.15) is 176 Å². The molecule has 0 aromatic carbocycles. The second-order valence-corrected chi connectivity index (χ2v) is 17.0. The van der Waals surface area contributed by atoms with Crippen molar-refractivity contribution >= 4 is 29.4 Å². The van der Waals surface area contributed by atoms with Gasteiger partial charge in [0.25, 0.3) is 0 Å². The average Bonchev–Trinajstić information content (AvgIpc) is 3.08. The molecule has 0 fully saturated rings. The number of ether oxygens (including phenoxy) is 2. The molecular weight excluding hydrogens is 651 g/mol. The molecule has 0 heterocycles. The summed E-state index contributed by atoms with van der Waals surface area (Å²) in [4.78, 5) is 17.5. The van der Waals surface area contributed by atoms with Gasteiger partial charge in [-0.1, -0.05) is 97.2 Å². The highest BCUT2D eigenvalue weighted by Crippen LogP contribution is 2.27. The maximum atomic E-state index is 12.5. The van der Waals surface area contributed by atoms with Gasteiger partial charge in [0.15, 0.2) is 5.06 Å². The van der Waals surface area contributed by atoms with E-state index in [0.29, 0.717) is 30.1 Å².